The first kappa shape index (κ1) is 15.7. The molecule has 1 aliphatic heterocycles. The minimum Gasteiger partial charge on any atom is -0.357 e. The Balaban J connectivity index is 1.71. The van der Waals surface area contributed by atoms with Crippen molar-refractivity contribution in [1.29, 1.82) is 0 Å². The predicted molar refractivity (Wildman–Crippen MR) is 76.5 cm³/mol. The molecular weight excluding hydrogens is 311 g/mol. The summed E-state index contributed by atoms with van der Waals surface area (Å²) in [6.45, 7) is 2.43. The number of hydrogen-bond acceptors (Lipinski definition) is 6. The van der Waals surface area contributed by atoms with Crippen LogP contribution in [-0.2, 0) is 6.18 Å². The van der Waals surface area contributed by atoms with Crippen LogP contribution in [0.5, 0.6) is 0 Å². The van der Waals surface area contributed by atoms with Gasteiger partial charge >= 0.3 is 12.1 Å². The Hall–Kier alpha value is -2.16. The Morgan fingerprint density at radius 3 is 2.52 bits per heavy atom. The molecule has 23 heavy (non-hydrogen) atoms. The van der Waals surface area contributed by atoms with Gasteiger partial charge in [-0.3, -0.25) is 0 Å². The van der Waals surface area contributed by atoms with Crippen molar-refractivity contribution in [3.8, 4) is 11.4 Å². The normalized spacial score (nSPS) is 16.8. The molecule has 3 rings (SSSR count). The Labute approximate surface area is 130 Å². The summed E-state index contributed by atoms with van der Waals surface area (Å²) in [4.78, 5) is 9.77. The highest BCUT2D eigenvalue weighted by atomic mass is 19.4. The Morgan fingerprint density at radius 2 is 2.00 bits per heavy atom. The minimum absolute atomic E-state index is 0.127. The van der Waals surface area contributed by atoms with Crippen molar-refractivity contribution in [3.05, 3.63) is 24.2 Å². The van der Waals surface area contributed by atoms with Crippen molar-refractivity contribution in [2.75, 3.05) is 24.5 Å². The molecule has 1 fully saturated rings. The molecule has 0 spiro atoms. The van der Waals surface area contributed by atoms with Crippen LogP contribution in [0.15, 0.2) is 22.9 Å². The van der Waals surface area contributed by atoms with Gasteiger partial charge in [-0.25, -0.2) is 4.98 Å². The van der Waals surface area contributed by atoms with E-state index in [1.807, 2.05) is 0 Å². The number of aromatic nitrogens is 3. The molecule has 1 aliphatic rings. The van der Waals surface area contributed by atoms with E-state index in [0.29, 0.717) is 18.0 Å². The van der Waals surface area contributed by atoms with Crippen molar-refractivity contribution in [3.63, 3.8) is 0 Å². The van der Waals surface area contributed by atoms with Crippen molar-refractivity contribution < 1.29 is 17.7 Å². The molecule has 2 aromatic heterocycles. The van der Waals surface area contributed by atoms with Gasteiger partial charge in [0.1, 0.15) is 5.82 Å². The molecular formula is C14H16F3N5O. The molecule has 124 valence electrons. The standard InChI is InChI=1S/C14H16F3N5O/c15-14(16,17)13-20-12(21-23-13)10-1-2-11(19-8-10)22-5-3-9(7-18)4-6-22/h1-2,8-9H,3-7,18H2. The molecule has 0 aromatic carbocycles. The molecule has 0 bridgehead atoms. The average molecular weight is 327 g/mol. The van der Waals surface area contributed by atoms with E-state index in [9.17, 15) is 13.2 Å². The van der Waals surface area contributed by atoms with Gasteiger partial charge in [-0.05, 0) is 37.4 Å². The van der Waals surface area contributed by atoms with E-state index >= 15 is 0 Å². The number of nitrogens with zero attached hydrogens (tertiary/aromatic N) is 4. The lowest BCUT2D eigenvalue weighted by Gasteiger charge is -2.32. The largest absolute Gasteiger partial charge is 0.471 e. The van der Waals surface area contributed by atoms with E-state index in [-0.39, 0.29) is 5.82 Å². The smallest absolute Gasteiger partial charge is 0.357 e. The SMILES string of the molecule is NCC1CCN(c2ccc(-c3noc(C(F)(F)F)n3)cn2)CC1. The van der Waals surface area contributed by atoms with Crippen LogP contribution in [-0.4, -0.2) is 34.8 Å². The average Bonchev–Trinajstić information content (AvgIpc) is 3.05. The number of hydrogen-bond donors (Lipinski definition) is 1. The van der Waals surface area contributed by atoms with Crippen LogP contribution in [0.25, 0.3) is 11.4 Å². The molecule has 6 nitrogen and oxygen atoms in total. The molecule has 3 heterocycles. The Bertz CT molecular complexity index is 647. The van der Waals surface area contributed by atoms with Crippen LogP contribution in [0.3, 0.4) is 0 Å². The summed E-state index contributed by atoms with van der Waals surface area (Å²) in [6.07, 6.45) is -1.17. The van der Waals surface area contributed by atoms with Crippen LogP contribution in [0.4, 0.5) is 19.0 Å². The second-order valence-electron chi connectivity index (χ2n) is 5.49. The first-order valence-corrected chi connectivity index (χ1v) is 7.29. The van der Waals surface area contributed by atoms with E-state index in [1.165, 1.54) is 6.20 Å². The van der Waals surface area contributed by atoms with Gasteiger partial charge in [0.25, 0.3) is 0 Å². The van der Waals surface area contributed by atoms with E-state index in [1.54, 1.807) is 12.1 Å². The fraction of sp³-hybridized carbons (Fsp3) is 0.500. The summed E-state index contributed by atoms with van der Waals surface area (Å²) in [7, 11) is 0. The molecule has 0 atom stereocenters. The number of rotatable bonds is 3. The number of anilines is 1. The number of piperidine rings is 1. The van der Waals surface area contributed by atoms with Crippen LogP contribution in [0.1, 0.15) is 18.7 Å². The lowest BCUT2D eigenvalue weighted by Crippen LogP contribution is -2.36. The van der Waals surface area contributed by atoms with Crippen LogP contribution < -0.4 is 10.6 Å². The van der Waals surface area contributed by atoms with Crippen molar-refractivity contribution in [2.45, 2.75) is 19.0 Å². The molecule has 0 saturated carbocycles. The van der Waals surface area contributed by atoms with E-state index in [0.717, 1.165) is 31.7 Å². The van der Waals surface area contributed by atoms with Gasteiger partial charge < -0.3 is 15.2 Å². The van der Waals surface area contributed by atoms with Gasteiger partial charge in [-0.15, -0.1) is 0 Å². The maximum Gasteiger partial charge on any atom is 0.471 e. The summed E-state index contributed by atoms with van der Waals surface area (Å²) < 4.78 is 41.6. The first-order chi connectivity index (χ1) is 11.0. The maximum atomic E-state index is 12.5. The lowest BCUT2D eigenvalue weighted by molar-refractivity contribution is -0.159. The second kappa shape index (κ2) is 6.15. The van der Waals surface area contributed by atoms with Crippen molar-refractivity contribution in [1.82, 2.24) is 15.1 Å². The zero-order valence-electron chi connectivity index (χ0n) is 12.3. The zero-order valence-corrected chi connectivity index (χ0v) is 12.3. The predicted octanol–water partition coefficient (Wildman–Crippen LogP) is 2.33. The van der Waals surface area contributed by atoms with Crippen molar-refractivity contribution in [2.24, 2.45) is 11.7 Å². The molecule has 0 radical (unpaired) electrons. The lowest BCUT2D eigenvalue weighted by atomic mass is 9.97. The summed E-state index contributed by atoms with van der Waals surface area (Å²) in [6, 6.07) is 3.39. The van der Waals surface area contributed by atoms with Crippen LogP contribution in [0.2, 0.25) is 0 Å². The second-order valence-corrected chi connectivity index (χ2v) is 5.49. The molecule has 1 saturated heterocycles. The van der Waals surface area contributed by atoms with Gasteiger partial charge in [0.2, 0.25) is 5.82 Å². The van der Waals surface area contributed by atoms with Crippen LogP contribution >= 0.6 is 0 Å². The monoisotopic (exact) mass is 327 g/mol. The molecule has 0 amide bonds. The van der Waals surface area contributed by atoms with Gasteiger partial charge in [-0.1, -0.05) is 5.16 Å². The van der Waals surface area contributed by atoms with E-state index in [2.05, 4.69) is 24.5 Å². The minimum atomic E-state index is -4.65. The third-order valence-corrected chi connectivity index (χ3v) is 3.95. The molecule has 0 unspecified atom stereocenters. The number of nitrogens with two attached hydrogens (primary N) is 1. The highest BCUT2D eigenvalue weighted by molar-refractivity contribution is 5.56. The number of halogens is 3. The molecule has 2 N–H and O–H groups in total. The summed E-state index contributed by atoms with van der Waals surface area (Å²) in [5.41, 5.74) is 6.05. The molecule has 9 heteroatoms. The topological polar surface area (TPSA) is 81.1 Å². The summed E-state index contributed by atoms with van der Waals surface area (Å²) >= 11 is 0. The van der Waals surface area contributed by atoms with Gasteiger partial charge in [0.15, 0.2) is 0 Å². The third kappa shape index (κ3) is 3.44. The molecule has 0 aliphatic carbocycles. The highest BCUT2D eigenvalue weighted by Gasteiger charge is 2.38. The zero-order chi connectivity index (χ0) is 16.4. The van der Waals surface area contributed by atoms with E-state index in [4.69, 9.17) is 5.73 Å². The number of alkyl halides is 3. The summed E-state index contributed by atoms with van der Waals surface area (Å²) in [5, 5.41) is 3.34. The van der Waals surface area contributed by atoms with E-state index < -0.39 is 12.1 Å². The maximum absolute atomic E-state index is 12.5. The Kier molecular flexibility index (Phi) is 4.20. The number of pyridine rings is 1. The highest BCUT2D eigenvalue weighted by Crippen LogP contribution is 2.29. The molecule has 2 aromatic rings. The van der Waals surface area contributed by atoms with Gasteiger partial charge in [0, 0.05) is 24.8 Å². The van der Waals surface area contributed by atoms with Crippen LogP contribution in [0, 0.1) is 5.92 Å². The summed E-state index contributed by atoms with van der Waals surface area (Å²) in [5.74, 6) is -0.159. The van der Waals surface area contributed by atoms with Gasteiger partial charge in [0.05, 0.1) is 0 Å². The third-order valence-electron chi connectivity index (χ3n) is 3.95. The Morgan fingerprint density at radius 1 is 1.26 bits per heavy atom. The van der Waals surface area contributed by atoms with Crippen molar-refractivity contribution >= 4 is 5.82 Å². The van der Waals surface area contributed by atoms with Gasteiger partial charge in [-0.2, -0.15) is 18.2 Å². The fourth-order valence-corrected chi connectivity index (χ4v) is 2.56. The first-order valence-electron chi connectivity index (χ1n) is 7.29. The quantitative estimate of drug-likeness (QED) is 0.932. The fourth-order valence-electron chi connectivity index (χ4n) is 2.56.